The number of ether oxygens (including phenoxy) is 1. The SMILES string of the molecule is CC1(c2ccc(OC(F)F)cc2)NC(=O)N(Cc2cn3ccccc3n2)C1=O. The first kappa shape index (κ1) is 17.9. The number of halogens is 2. The molecule has 0 bridgehead atoms. The van der Waals surface area contributed by atoms with E-state index in [0.29, 0.717) is 16.9 Å². The molecule has 7 nitrogen and oxygen atoms in total. The van der Waals surface area contributed by atoms with Crippen molar-refractivity contribution in [2.75, 3.05) is 0 Å². The van der Waals surface area contributed by atoms with Crippen LogP contribution in [0.25, 0.3) is 5.65 Å². The second-order valence-corrected chi connectivity index (χ2v) is 6.55. The smallest absolute Gasteiger partial charge is 0.387 e. The van der Waals surface area contributed by atoms with Gasteiger partial charge in [-0.1, -0.05) is 18.2 Å². The lowest BCUT2D eigenvalue weighted by Crippen LogP contribution is -2.40. The highest BCUT2D eigenvalue weighted by Gasteiger charge is 2.49. The Labute approximate surface area is 158 Å². The van der Waals surface area contributed by atoms with Crippen molar-refractivity contribution >= 4 is 17.6 Å². The molecule has 0 radical (unpaired) electrons. The fraction of sp³-hybridized carbons (Fsp3) is 0.211. The van der Waals surface area contributed by atoms with Crippen molar-refractivity contribution in [3.63, 3.8) is 0 Å². The predicted octanol–water partition coefficient (Wildman–Crippen LogP) is 2.90. The number of pyridine rings is 1. The Morgan fingerprint density at radius 1 is 1.18 bits per heavy atom. The highest BCUT2D eigenvalue weighted by molar-refractivity contribution is 6.07. The molecular formula is C19H16F2N4O3. The minimum absolute atomic E-state index is 0.0223. The number of benzene rings is 1. The highest BCUT2D eigenvalue weighted by Crippen LogP contribution is 2.31. The molecule has 1 aromatic carbocycles. The van der Waals surface area contributed by atoms with E-state index >= 15 is 0 Å². The lowest BCUT2D eigenvalue weighted by atomic mass is 9.92. The quantitative estimate of drug-likeness (QED) is 0.684. The van der Waals surface area contributed by atoms with Gasteiger partial charge < -0.3 is 14.5 Å². The van der Waals surface area contributed by atoms with Crippen LogP contribution in [0.3, 0.4) is 0 Å². The zero-order valence-corrected chi connectivity index (χ0v) is 14.8. The maximum atomic E-state index is 13.0. The van der Waals surface area contributed by atoms with Gasteiger partial charge in [0.25, 0.3) is 5.91 Å². The van der Waals surface area contributed by atoms with Crippen molar-refractivity contribution < 1.29 is 23.1 Å². The number of imidazole rings is 1. The molecule has 4 rings (SSSR count). The van der Waals surface area contributed by atoms with Gasteiger partial charge in [0.2, 0.25) is 0 Å². The maximum absolute atomic E-state index is 13.0. The van der Waals surface area contributed by atoms with Crippen molar-refractivity contribution in [1.82, 2.24) is 19.6 Å². The molecule has 0 saturated carbocycles. The third-order valence-electron chi connectivity index (χ3n) is 4.67. The number of carbonyl (C=O) groups excluding carboxylic acids is 2. The molecule has 0 spiro atoms. The number of imide groups is 1. The summed E-state index contributed by atoms with van der Waals surface area (Å²) in [5.74, 6) is -0.474. The molecule has 1 unspecified atom stereocenters. The van der Waals surface area contributed by atoms with Crippen LogP contribution in [0.2, 0.25) is 0 Å². The van der Waals surface area contributed by atoms with Gasteiger partial charge in [-0.2, -0.15) is 8.78 Å². The van der Waals surface area contributed by atoms with Crippen molar-refractivity contribution in [2.45, 2.75) is 25.6 Å². The third-order valence-corrected chi connectivity index (χ3v) is 4.67. The number of nitrogens with one attached hydrogen (secondary N) is 1. The van der Waals surface area contributed by atoms with E-state index in [1.165, 1.54) is 24.3 Å². The Balaban J connectivity index is 1.57. The van der Waals surface area contributed by atoms with Crippen molar-refractivity contribution in [2.24, 2.45) is 0 Å². The summed E-state index contributed by atoms with van der Waals surface area (Å²) in [6.07, 6.45) is 3.58. The Bertz CT molecular complexity index is 1020. The van der Waals surface area contributed by atoms with E-state index in [4.69, 9.17) is 0 Å². The maximum Gasteiger partial charge on any atom is 0.387 e. The average Bonchev–Trinajstić information content (AvgIpc) is 3.16. The van der Waals surface area contributed by atoms with E-state index in [0.717, 1.165) is 4.90 Å². The first-order valence-corrected chi connectivity index (χ1v) is 8.49. The Kier molecular flexibility index (Phi) is 4.21. The van der Waals surface area contributed by atoms with Crippen LogP contribution in [0.4, 0.5) is 13.6 Å². The highest BCUT2D eigenvalue weighted by atomic mass is 19.3. The van der Waals surface area contributed by atoms with Crippen LogP contribution in [0, 0.1) is 0 Å². The molecule has 3 amide bonds. The first-order valence-electron chi connectivity index (χ1n) is 8.49. The van der Waals surface area contributed by atoms with Gasteiger partial charge in [0, 0.05) is 12.4 Å². The van der Waals surface area contributed by atoms with Gasteiger partial charge in [0.15, 0.2) is 0 Å². The van der Waals surface area contributed by atoms with Gasteiger partial charge in [-0.05, 0) is 36.8 Å². The van der Waals surface area contributed by atoms with Gasteiger partial charge in [0.05, 0.1) is 12.2 Å². The molecule has 1 aliphatic heterocycles. The third kappa shape index (κ3) is 3.04. The Morgan fingerprint density at radius 3 is 2.61 bits per heavy atom. The standard InChI is InChI=1S/C19H16F2N4O3/c1-19(12-5-7-14(8-6-12)28-17(20)21)16(26)25(18(27)23-19)11-13-10-24-9-3-2-4-15(24)22-13/h2-10,17H,11H2,1H3,(H,23,27). The van der Waals surface area contributed by atoms with Gasteiger partial charge in [-0.15, -0.1) is 0 Å². The summed E-state index contributed by atoms with van der Waals surface area (Å²) in [4.78, 5) is 30.9. The minimum Gasteiger partial charge on any atom is -0.435 e. The molecular weight excluding hydrogens is 370 g/mol. The second-order valence-electron chi connectivity index (χ2n) is 6.55. The largest absolute Gasteiger partial charge is 0.435 e. The van der Waals surface area contributed by atoms with Crippen LogP contribution in [0.5, 0.6) is 5.75 Å². The molecule has 3 aromatic rings. The molecule has 28 heavy (non-hydrogen) atoms. The van der Waals surface area contributed by atoms with Crippen LogP contribution < -0.4 is 10.1 Å². The number of hydrogen-bond acceptors (Lipinski definition) is 4. The molecule has 9 heteroatoms. The number of hydrogen-bond donors (Lipinski definition) is 1. The number of aromatic nitrogens is 2. The summed E-state index contributed by atoms with van der Waals surface area (Å²) in [6.45, 7) is -1.34. The normalized spacial score (nSPS) is 19.5. The van der Waals surface area contributed by atoms with Crippen LogP contribution in [-0.2, 0) is 16.9 Å². The summed E-state index contributed by atoms with van der Waals surface area (Å²) >= 11 is 0. The summed E-state index contributed by atoms with van der Waals surface area (Å²) in [7, 11) is 0. The number of nitrogens with zero attached hydrogens (tertiary/aromatic N) is 3. The van der Waals surface area contributed by atoms with Gasteiger partial charge in [0.1, 0.15) is 16.9 Å². The minimum atomic E-state index is -2.94. The lowest BCUT2D eigenvalue weighted by Gasteiger charge is -2.22. The average molecular weight is 386 g/mol. The number of carbonyl (C=O) groups is 2. The summed E-state index contributed by atoms with van der Waals surface area (Å²) in [6, 6.07) is 10.6. The molecule has 144 valence electrons. The van der Waals surface area contributed by atoms with Gasteiger partial charge >= 0.3 is 12.6 Å². The molecule has 1 aliphatic rings. The van der Waals surface area contributed by atoms with Gasteiger partial charge in [-0.3, -0.25) is 9.69 Å². The second kappa shape index (κ2) is 6.59. The number of alkyl halides is 2. The monoisotopic (exact) mass is 386 g/mol. The molecule has 1 saturated heterocycles. The number of urea groups is 1. The molecule has 1 fully saturated rings. The van der Waals surface area contributed by atoms with Gasteiger partial charge in [-0.25, -0.2) is 9.78 Å². The van der Waals surface area contributed by atoms with Crippen LogP contribution in [0.15, 0.2) is 54.9 Å². The van der Waals surface area contributed by atoms with E-state index in [-0.39, 0.29) is 12.3 Å². The fourth-order valence-corrected chi connectivity index (χ4v) is 3.23. The number of fused-ring (bicyclic) bond motifs is 1. The zero-order valence-electron chi connectivity index (χ0n) is 14.8. The Morgan fingerprint density at radius 2 is 1.93 bits per heavy atom. The fourth-order valence-electron chi connectivity index (χ4n) is 3.23. The Hall–Kier alpha value is -3.49. The summed E-state index contributed by atoms with van der Waals surface area (Å²) in [5.41, 5.74) is 0.436. The molecule has 1 N–H and O–H groups in total. The van der Waals surface area contributed by atoms with Crippen molar-refractivity contribution in [3.8, 4) is 5.75 Å². The summed E-state index contributed by atoms with van der Waals surface area (Å²) < 4.78 is 30.7. The number of amides is 3. The number of rotatable bonds is 5. The molecule has 1 atom stereocenters. The molecule has 0 aliphatic carbocycles. The molecule has 2 aromatic heterocycles. The van der Waals surface area contributed by atoms with Crippen LogP contribution in [0.1, 0.15) is 18.2 Å². The predicted molar refractivity (Wildman–Crippen MR) is 94.7 cm³/mol. The van der Waals surface area contributed by atoms with Crippen molar-refractivity contribution in [1.29, 1.82) is 0 Å². The zero-order chi connectivity index (χ0) is 19.9. The van der Waals surface area contributed by atoms with Crippen LogP contribution in [-0.4, -0.2) is 32.8 Å². The van der Waals surface area contributed by atoms with Crippen LogP contribution >= 0.6 is 0 Å². The van der Waals surface area contributed by atoms with E-state index in [9.17, 15) is 18.4 Å². The van der Waals surface area contributed by atoms with E-state index in [1.54, 1.807) is 17.5 Å². The lowest BCUT2D eigenvalue weighted by molar-refractivity contribution is -0.131. The summed E-state index contributed by atoms with van der Waals surface area (Å²) in [5, 5.41) is 2.67. The van der Waals surface area contributed by atoms with Crippen molar-refractivity contribution in [3.05, 3.63) is 66.1 Å². The first-order chi connectivity index (χ1) is 13.4. The van der Waals surface area contributed by atoms with E-state index in [1.807, 2.05) is 24.4 Å². The topological polar surface area (TPSA) is 75.9 Å². The van der Waals surface area contributed by atoms with E-state index < -0.39 is 24.1 Å². The molecule has 3 heterocycles. The van der Waals surface area contributed by atoms with E-state index in [2.05, 4.69) is 15.0 Å².